The van der Waals surface area contributed by atoms with Crippen LogP contribution in [-0.4, -0.2) is 64.0 Å². The summed E-state index contributed by atoms with van der Waals surface area (Å²) in [5.74, 6) is 0.947. The van der Waals surface area contributed by atoms with Crippen molar-refractivity contribution < 1.29 is 18.7 Å². The fourth-order valence-corrected chi connectivity index (χ4v) is 6.85. The third kappa shape index (κ3) is 5.17. The van der Waals surface area contributed by atoms with Gasteiger partial charge in [0.2, 0.25) is 11.7 Å². The predicted octanol–water partition coefficient (Wildman–Crippen LogP) is 5.23. The Bertz CT molecular complexity index is 1900. The molecule has 0 spiro atoms. The molecule has 0 radical (unpaired) electrons. The Morgan fingerprint density at radius 2 is 2.02 bits per heavy atom. The van der Waals surface area contributed by atoms with Gasteiger partial charge < -0.3 is 19.7 Å². The molecule has 0 saturated heterocycles. The van der Waals surface area contributed by atoms with Gasteiger partial charge in [0.15, 0.2) is 0 Å². The number of amides is 1. The van der Waals surface area contributed by atoms with Crippen LogP contribution in [-0.2, 0) is 35.6 Å². The van der Waals surface area contributed by atoms with Crippen LogP contribution >= 0.6 is 11.3 Å². The number of halogens is 1. The topological polar surface area (TPSA) is 94.4 Å². The molecule has 0 fully saturated rings. The van der Waals surface area contributed by atoms with Gasteiger partial charge in [-0.2, -0.15) is 0 Å². The molecule has 44 heavy (non-hydrogen) atoms. The number of thiophene rings is 1. The van der Waals surface area contributed by atoms with E-state index in [1.54, 1.807) is 29.4 Å². The molecule has 7 rings (SSSR count). The number of aromatic nitrogens is 4. The maximum atomic E-state index is 14.6. The van der Waals surface area contributed by atoms with Crippen molar-refractivity contribution in [2.45, 2.75) is 26.1 Å². The Morgan fingerprint density at radius 3 is 2.89 bits per heavy atom. The average Bonchev–Trinajstić information content (AvgIpc) is 3.71. The number of hydrogen-bond donors (Lipinski definition) is 1. The molecule has 11 heteroatoms. The van der Waals surface area contributed by atoms with Gasteiger partial charge in [-0.1, -0.05) is 18.7 Å². The lowest BCUT2D eigenvalue weighted by atomic mass is 9.94. The van der Waals surface area contributed by atoms with Gasteiger partial charge in [-0.25, -0.2) is 19.0 Å². The highest BCUT2D eigenvalue weighted by Gasteiger charge is 2.28. The second-order valence-electron chi connectivity index (χ2n) is 10.8. The number of methoxy groups -OCH3 is 1. The molecule has 3 aromatic heterocycles. The van der Waals surface area contributed by atoms with Gasteiger partial charge in [0.25, 0.3) is 0 Å². The fraction of sp³-hybridized carbons (Fsp3) is 0.273. The van der Waals surface area contributed by atoms with E-state index in [0.29, 0.717) is 54.9 Å². The number of carbonyl (C=O) groups excluding carboxylic acids is 1. The molecular formula is C33H31FN6O3S. The first-order valence-electron chi connectivity index (χ1n) is 14.5. The molecule has 1 amide bonds. The summed E-state index contributed by atoms with van der Waals surface area (Å²) in [5.41, 5.74) is 6.50. The van der Waals surface area contributed by atoms with Crippen LogP contribution in [0.25, 0.3) is 44.0 Å². The van der Waals surface area contributed by atoms with Crippen LogP contribution in [0, 0.1) is 5.82 Å². The van der Waals surface area contributed by atoms with Gasteiger partial charge in [0, 0.05) is 53.0 Å². The number of nitrogens with zero attached hydrogens (tertiary/aromatic N) is 5. The van der Waals surface area contributed by atoms with E-state index in [0.717, 1.165) is 46.4 Å². The molecule has 224 valence electrons. The van der Waals surface area contributed by atoms with Crippen molar-refractivity contribution in [3.8, 4) is 39.7 Å². The Hall–Kier alpha value is -4.45. The van der Waals surface area contributed by atoms with E-state index in [4.69, 9.17) is 24.5 Å². The molecule has 2 aliphatic rings. The maximum Gasteiger partial charge on any atom is 0.246 e. The van der Waals surface area contributed by atoms with Crippen LogP contribution in [0.5, 0.6) is 5.75 Å². The number of rotatable bonds is 8. The number of ether oxygens (including phenoxy) is 2. The van der Waals surface area contributed by atoms with E-state index in [1.807, 2.05) is 10.1 Å². The molecule has 0 bridgehead atoms. The van der Waals surface area contributed by atoms with E-state index in [2.05, 4.69) is 36.2 Å². The minimum absolute atomic E-state index is 0.145. The van der Waals surface area contributed by atoms with Crippen molar-refractivity contribution in [3.05, 3.63) is 83.3 Å². The second-order valence-corrected chi connectivity index (χ2v) is 11.7. The summed E-state index contributed by atoms with van der Waals surface area (Å²) in [6, 6.07) is 13.2. The number of nitrogens with one attached hydrogen (secondary N) is 1. The van der Waals surface area contributed by atoms with Crippen LogP contribution in [0.2, 0.25) is 0 Å². The average molecular weight is 611 g/mol. The Morgan fingerprint density at radius 1 is 1.11 bits per heavy atom. The molecule has 2 aliphatic heterocycles. The minimum atomic E-state index is -0.402. The lowest BCUT2D eigenvalue weighted by molar-refractivity contribution is -0.127. The monoisotopic (exact) mass is 610 g/mol. The summed E-state index contributed by atoms with van der Waals surface area (Å²) in [7, 11) is 1.60. The summed E-state index contributed by atoms with van der Waals surface area (Å²) < 4.78 is 28.6. The smallest absolute Gasteiger partial charge is 0.246 e. The lowest BCUT2D eigenvalue weighted by Gasteiger charge is -2.25. The highest BCUT2D eigenvalue weighted by Crippen LogP contribution is 2.45. The number of fused-ring (bicyclic) bond motifs is 3. The molecule has 0 atom stereocenters. The fourth-order valence-electron chi connectivity index (χ4n) is 5.89. The van der Waals surface area contributed by atoms with Crippen molar-refractivity contribution >= 4 is 27.3 Å². The first-order chi connectivity index (χ1) is 21.5. The Labute approximate surface area is 258 Å². The van der Waals surface area contributed by atoms with Gasteiger partial charge in [-0.05, 0) is 59.8 Å². The van der Waals surface area contributed by atoms with Gasteiger partial charge in [0.1, 0.15) is 29.7 Å². The van der Waals surface area contributed by atoms with Crippen molar-refractivity contribution in [3.63, 3.8) is 0 Å². The van der Waals surface area contributed by atoms with Crippen LogP contribution in [0.15, 0.2) is 60.5 Å². The molecule has 5 aromatic rings. The lowest BCUT2D eigenvalue weighted by Crippen LogP contribution is -2.37. The molecule has 1 N–H and O–H groups in total. The van der Waals surface area contributed by atoms with Crippen LogP contribution in [0.3, 0.4) is 0 Å². The highest BCUT2D eigenvalue weighted by atomic mass is 32.1. The van der Waals surface area contributed by atoms with Crippen molar-refractivity contribution in [1.29, 1.82) is 0 Å². The molecule has 0 saturated carbocycles. The zero-order valence-corrected chi connectivity index (χ0v) is 25.1. The Kier molecular flexibility index (Phi) is 7.67. The molecule has 0 aliphatic carbocycles. The standard InChI is InChI=1S/C33H31FN6O3S/c1-3-28(41)39-11-12-40-27(19-39)36-33(38-40)31-29(24-7-6-23(34)17-26(24)43-14-13-42-2)32-25(9-15-44-32)30(37-31)21-4-5-22-18-35-10-8-20(22)16-21/h3-7,9,15-17,35H,1,8,10-14,18-19H2,2H3. The molecule has 5 heterocycles. The van der Waals surface area contributed by atoms with Crippen molar-refractivity contribution in [1.82, 2.24) is 30.0 Å². The van der Waals surface area contributed by atoms with Crippen molar-refractivity contribution in [2.75, 3.05) is 33.4 Å². The molecule has 0 unspecified atom stereocenters. The summed E-state index contributed by atoms with van der Waals surface area (Å²) in [6.07, 6.45) is 2.27. The quantitative estimate of drug-likeness (QED) is 0.190. The zero-order valence-electron chi connectivity index (χ0n) is 24.3. The third-order valence-corrected chi connectivity index (χ3v) is 9.02. The highest BCUT2D eigenvalue weighted by molar-refractivity contribution is 7.18. The normalized spacial score (nSPS) is 14.4. The first kappa shape index (κ1) is 28.3. The van der Waals surface area contributed by atoms with Crippen molar-refractivity contribution in [2.24, 2.45) is 0 Å². The molecule has 2 aromatic carbocycles. The van der Waals surface area contributed by atoms with E-state index in [1.165, 1.54) is 29.3 Å². The SMILES string of the molecule is C=CC(=O)N1CCn2nc(-c3nc(-c4ccc5c(c4)CCNC5)c4ccsc4c3-c3ccc(F)cc3OCCOC)nc2C1. The predicted molar refractivity (Wildman–Crippen MR) is 168 cm³/mol. The first-order valence-corrected chi connectivity index (χ1v) is 15.4. The summed E-state index contributed by atoms with van der Waals surface area (Å²) in [5, 5.41) is 11.4. The molecular weight excluding hydrogens is 579 g/mol. The number of carbonyl (C=O) groups is 1. The van der Waals surface area contributed by atoms with Gasteiger partial charge >= 0.3 is 0 Å². The zero-order chi connectivity index (χ0) is 30.2. The second kappa shape index (κ2) is 11.9. The van der Waals surface area contributed by atoms with Crippen LogP contribution in [0.4, 0.5) is 4.39 Å². The number of benzene rings is 2. The van der Waals surface area contributed by atoms with E-state index >= 15 is 0 Å². The molecule has 9 nitrogen and oxygen atoms in total. The summed E-state index contributed by atoms with van der Waals surface area (Å²) in [4.78, 5) is 24.3. The van der Waals surface area contributed by atoms with E-state index < -0.39 is 5.82 Å². The Balaban J connectivity index is 1.44. The van der Waals surface area contributed by atoms with E-state index in [9.17, 15) is 9.18 Å². The summed E-state index contributed by atoms with van der Waals surface area (Å²) in [6.45, 7) is 7.37. The third-order valence-electron chi connectivity index (χ3n) is 8.09. The van der Waals surface area contributed by atoms with Crippen LogP contribution < -0.4 is 10.1 Å². The summed E-state index contributed by atoms with van der Waals surface area (Å²) >= 11 is 1.59. The number of hydrogen-bond acceptors (Lipinski definition) is 8. The minimum Gasteiger partial charge on any atom is -0.490 e. The largest absolute Gasteiger partial charge is 0.490 e. The van der Waals surface area contributed by atoms with E-state index in [-0.39, 0.29) is 12.5 Å². The van der Waals surface area contributed by atoms with Gasteiger partial charge in [0.05, 0.1) is 25.4 Å². The number of pyridine rings is 1. The van der Waals surface area contributed by atoms with Gasteiger partial charge in [-0.15, -0.1) is 16.4 Å². The van der Waals surface area contributed by atoms with Gasteiger partial charge in [-0.3, -0.25) is 4.79 Å². The van der Waals surface area contributed by atoms with Crippen LogP contribution in [0.1, 0.15) is 17.0 Å². The maximum absolute atomic E-state index is 14.6.